The van der Waals surface area contributed by atoms with Gasteiger partial charge < -0.3 is 110 Å². The molecule has 36 heteroatoms. The van der Waals surface area contributed by atoms with Crippen molar-refractivity contribution in [2.45, 2.75) is 340 Å². The Hall–Kier alpha value is -4.97. The second-order valence-corrected chi connectivity index (χ2v) is 39.7. The van der Waals surface area contributed by atoms with Gasteiger partial charge in [-0.25, -0.2) is 4.79 Å². The molecule has 4 saturated heterocycles. The summed E-state index contributed by atoms with van der Waals surface area (Å²) >= 11 is 0. The predicted molar refractivity (Wildman–Crippen MR) is 451 cm³/mol. The molecule has 4 heterocycles. The van der Waals surface area contributed by atoms with Gasteiger partial charge >= 0.3 is 21.9 Å². The molecule has 8 aliphatic rings. The third-order valence-electron chi connectivity index (χ3n) is 27.0. The van der Waals surface area contributed by atoms with Crippen molar-refractivity contribution in [3.05, 3.63) is 11.6 Å². The van der Waals surface area contributed by atoms with Crippen LogP contribution in [0.1, 0.15) is 248 Å². The molecule has 25 atom stereocenters. The van der Waals surface area contributed by atoms with Gasteiger partial charge in [0.15, 0.2) is 12.6 Å². The molecular formula is C86H149N8O26P2+. The minimum Gasteiger partial charge on any atom is -0.446 e. The molecule has 122 heavy (non-hydrogen) atoms. The molecule has 4 aliphatic carbocycles. The molecule has 0 aromatic rings. The Morgan fingerprint density at radius 3 is 1.80 bits per heavy atom. The third kappa shape index (κ3) is 30.6. The number of carbonyl (C=O) groups excluding carboxylic acids is 8. The zero-order valence-electron chi connectivity index (χ0n) is 73.9. The summed E-state index contributed by atoms with van der Waals surface area (Å²) in [7, 11) is -6.38. The van der Waals surface area contributed by atoms with Crippen LogP contribution in [0.15, 0.2) is 11.6 Å². The van der Waals surface area contributed by atoms with Gasteiger partial charge in [0.05, 0.1) is 44.6 Å². The lowest BCUT2D eigenvalue weighted by molar-refractivity contribution is -0.270. The van der Waals surface area contributed by atoms with Gasteiger partial charge in [-0.2, -0.15) is 0 Å². The maximum Gasteiger partial charge on any atom is 0.697 e. The topological polar surface area (TPSA) is 474 Å². The van der Waals surface area contributed by atoms with E-state index in [-0.39, 0.29) is 139 Å². The Morgan fingerprint density at radius 2 is 1.20 bits per heavy atom. The van der Waals surface area contributed by atoms with Crippen LogP contribution in [-0.4, -0.2) is 277 Å². The Kier molecular flexibility index (Phi) is 42.6. The number of hydrogen-bond donors (Lipinski definition) is 13. The number of alkyl carbamates (subject to hydrolysis) is 1. The van der Waals surface area contributed by atoms with Crippen LogP contribution in [0.3, 0.4) is 0 Å². The Bertz CT molecular complexity index is 3410. The van der Waals surface area contributed by atoms with E-state index >= 15 is 0 Å². The van der Waals surface area contributed by atoms with E-state index in [0.29, 0.717) is 108 Å². The van der Waals surface area contributed by atoms with E-state index in [1.165, 1.54) is 71.0 Å². The highest BCUT2D eigenvalue weighted by Gasteiger charge is 2.60. The van der Waals surface area contributed by atoms with Gasteiger partial charge in [0.1, 0.15) is 74.1 Å². The first-order valence-corrected chi connectivity index (χ1v) is 48.6. The summed E-state index contributed by atoms with van der Waals surface area (Å²) in [6.07, 6.45) is 11.5. The van der Waals surface area contributed by atoms with Gasteiger partial charge in [-0.05, 0) is 181 Å². The molecule has 0 radical (unpaired) electrons. The smallest absolute Gasteiger partial charge is 0.446 e. The predicted octanol–water partition coefficient (Wildman–Crippen LogP) is 7.14. The molecule has 3 saturated carbocycles. The fourth-order valence-corrected chi connectivity index (χ4v) is 22.2. The second kappa shape index (κ2) is 50.7. The first kappa shape index (κ1) is 102. The van der Waals surface area contributed by atoms with Gasteiger partial charge in [-0.15, -0.1) is 9.05 Å². The number of aliphatic hydroxyl groups is 7. The standard InChI is InChI=1S/C86H148N8O26P2/c1-54(2)23-22-24-56(4)65-32-33-66-64-31-30-59-46-62(34-36-85(59,7)67(64)35-37-86(65,66)8)117-84(109)89-40-18-11-13-29-74(103)94-49-63(47-60(94)50-95)120-122(9,111)116-44-43-114-121(110)115-53-61-45-55(3)48-93(61)73(102)28-12-10-17-39-88-81(108)68(92-72(101)27-16-21-42-113-83-76(91-58(6)99)80(107)78(105)70(52-97)119-83)25-14-19-38-87-71(100)26-15-20-41-112-82-75(90-57(5)98)79(106)77(104)69(51-96)118-82/h30,54-56,60-70,75-80,82-83,95-97,104-107H,10-29,31-53H2,1-9H3,(H5-,87,88,89,90,91,92,98,99,100,101,108,109)/p+1/t55-,56-,60+,61+,62+,63-,64?,65-,66?,67?,68+,69?,70?,75?,76?,77?,78?,79?,80?,82?,83?,85+,86-,122?/m1/s1. The fourth-order valence-electron chi connectivity index (χ4n) is 20.5. The molecule has 698 valence electrons. The second-order valence-electron chi connectivity index (χ2n) is 36.7. The minimum atomic E-state index is -3.72. The van der Waals surface area contributed by atoms with Crippen molar-refractivity contribution in [1.29, 1.82) is 0 Å². The highest BCUT2D eigenvalue weighted by atomic mass is 31.2. The largest absolute Gasteiger partial charge is 0.697 e. The quantitative estimate of drug-likeness (QED) is 0.0163. The molecule has 0 aromatic heterocycles. The third-order valence-corrected chi connectivity index (χ3v) is 29.0. The normalized spacial score (nSPS) is 31.8. The van der Waals surface area contributed by atoms with E-state index in [1.54, 1.807) is 9.80 Å². The van der Waals surface area contributed by atoms with Crippen molar-refractivity contribution in [3.8, 4) is 0 Å². The molecule has 0 spiro atoms. The van der Waals surface area contributed by atoms with Crippen LogP contribution >= 0.6 is 15.9 Å². The highest BCUT2D eigenvalue weighted by molar-refractivity contribution is 7.53. The van der Waals surface area contributed by atoms with Crippen LogP contribution in [-0.2, 0) is 84.5 Å². The van der Waals surface area contributed by atoms with E-state index in [9.17, 15) is 83.2 Å². The highest BCUT2D eigenvalue weighted by Crippen LogP contribution is 2.67. The van der Waals surface area contributed by atoms with Crippen LogP contribution in [0.5, 0.6) is 0 Å². The van der Waals surface area contributed by atoms with Crippen molar-refractivity contribution in [3.63, 3.8) is 0 Å². The number of aliphatic hydroxyl groups excluding tert-OH is 7. The molecule has 4 aliphatic heterocycles. The van der Waals surface area contributed by atoms with E-state index in [1.807, 2.05) is 6.92 Å². The number of carbonyl (C=O) groups is 8. The van der Waals surface area contributed by atoms with Crippen LogP contribution in [0.4, 0.5) is 4.79 Å². The number of nitrogens with one attached hydrogen (secondary N) is 6. The number of unbranched alkanes of at least 4 members (excludes halogenated alkanes) is 7. The zero-order valence-corrected chi connectivity index (χ0v) is 75.6. The minimum absolute atomic E-state index is 0.00132. The molecule has 0 aromatic carbocycles. The number of ether oxygens (including phenoxy) is 5. The van der Waals surface area contributed by atoms with Crippen LogP contribution < -0.4 is 31.9 Å². The number of nitrogens with zero attached hydrogens (tertiary/aromatic N) is 2. The lowest BCUT2D eigenvalue weighted by Gasteiger charge is -2.58. The van der Waals surface area contributed by atoms with Gasteiger partial charge in [0, 0.05) is 103 Å². The van der Waals surface area contributed by atoms with E-state index in [4.69, 9.17) is 41.8 Å². The van der Waals surface area contributed by atoms with Gasteiger partial charge in [-0.1, -0.05) is 85.3 Å². The number of hydrogen-bond acceptors (Lipinski definition) is 26. The maximum atomic E-state index is 13.7. The first-order valence-electron chi connectivity index (χ1n) is 45.5. The Morgan fingerprint density at radius 1 is 0.607 bits per heavy atom. The number of amides is 8. The molecule has 0 bridgehead atoms. The molecule has 8 rings (SSSR count). The lowest BCUT2D eigenvalue weighted by Crippen LogP contribution is -2.64. The van der Waals surface area contributed by atoms with E-state index in [0.717, 1.165) is 55.3 Å². The SMILES string of the molecule is CC(=O)NC1C(OCCCCC(=O)NCCCC[C@H](NC(=O)CCCCOC2OC(CO)C(O)C(O)C2NC(C)=O)C(=O)NCCCCCC(=O)N2C[C@H](C)C[C@H]2CO[P+](=O)OCCOP(C)(=O)O[C@@H]2C[C@@H](CO)N(C(=O)CCCCCNC(=O)O[C@H]3CC[C@@]4(C)C(=CCC5C4CC[C@@]4(C)C5CC[C@@H]4[C@H](C)CCCC(C)C)C3)C2)OC(CO)C(O)C1O. The summed E-state index contributed by atoms with van der Waals surface area (Å²) in [4.78, 5) is 107. The molecular weight excluding hydrogens is 1620 g/mol. The number of likely N-dealkylation sites (tertiary alicyclic amines) is 2. The molecule has 8 amide bonds. The first-order chi connectivity index (χ1) is 58.2. The summed E-state index contributed by atoms with van der Waals surface area (Å²) in [5.41, 5.74) is 2.10. The van der Waals surface area contributed by atoms with Gasteiger partial charge in [0.25, 0.3) is 0 Å². The summed E-state index contributed by atoms with van der Waals surface area (Å²) in [6.45, 7) is 17.7. The Balaban J connectivity index is 0.671. The van der Waals surface area contributed by atoms with Crippen molar-refractivity contribution >= 4 is 63.3 Å². The van der Waals surface area contributed by atoms with Crippen LogP contribution in [0.2, 0.25) is 0 Å². The van der Waals surface area contributed by atoms with E-state index < -0.39 is 138 Å². The van der Waals surface area contributed by atoms with Crippen molar-refractivity contribution in [2.24, 2.45) is 52.3 Å². The summed E-state index contributed by atoms with van der Waals surface area (Å²) in [6, 6.07) is -4.06. The summed E-state index contributed by atoms with van der Waals surface area (Å²) in [5.74, 6) is 2.41. The zero-order chi connectivity index (χ0) is 88.8. The van der Waals surface area contributed by atoms with Crippen molar-refractivity contribution in [1.82, 2.24) is 41.7 Å². The molecule has 13 N–H and O–H groups in total. The summed E-state index contributed by atoms with van der Waals surface area (Å²) in [5, 5.41) is 87.8. The number of rotatable bonds is 52. The van der Waals surface area contributed by atoms with Gasteiger partial charge in [0.2, 0.25) is 41.4 Å². The van der Waals surface area contributed by atoms with E-state index in [2.05, 4.69) is 72.6 Å². The van der Waals surface area contributed by atoms with Gasteiger partial charge in [-0.3, -0.25) is 38.1 Å². The monoisotopic (exact) mass is 1770 g/mol. The Labute approximate surface area is 722 Å². The van der Waals surface area contributed by atoms with Crippen molar-refractivity contribution in [2.75, 3.05) is 92.2 Å². The number of fused-ring (bicyclic) bond motifs is 5. The fraction of sp³-hybridized carbons (Fsp3) is 0.884. The molecule has 15 unspecified atom stereocenters. The maximum absolute atomic E-state index is 13.7. The van der Waals surface area contributed by atoms with Crippen LogP contribution in [0, 0.1) is 52.3 Å². The number of allylic oxidation sites excluding steroid dienone is 1. The average Bonchev–Trinajstić information content (AvgIpc) is 1.38. The summed E-state index contributed by atoms with van der Waals surface area (Å²) < 4.78 is 77.6. The molecule has 34 nitrogen and oxygen atoms in total. The molecule has 7 fully saturated rings. The lowest BCUT2D eigenvalue weighted by atomic mass is 9.47. The average molecular weight is 1770 g/mol. The van der Waals surface area contributed by atoms with Crippen LogP contribution in [0.25, 0.3) is 0 Å². The van der Waals surface area contributed by atoms with Crippen molar-refractivity contribution < 1.29 is 125 Å².